The van der Waals surface area contributed by atoms with Crippen molar-refractivity contribution in [2.45, 2.75) is 25.5 Å². The number of amidine groups is 1. The van der Waals surface area contributed by atoms with E-state index in [9.17, 15) is 9.59 Å². The van der Waals surface area contributed by atoms with Crippen LogP contribution in [0.4, 0.5) is 5.69 Å². The third kappa shape index (κ3) is 4.93. The Morgan fingerprint density at radius 3 is 2.78 bits per heavy atom. The SMILES string of the molecule is CCC(SC1=NC(=Cc2cccs2)C(=O)N1c1ccc(C)c(Cl)c1)C(=O)N1CCOCC1. The molecule has 9 heteroatoms. The van der Waals surface area contributed by atoms with E-state index < -0.39 is 0 Å². The van der Waals surface area contributed by atoms with Gasteiger partial charge in [0.2, 0.25) is 5.91 Å². The fraction of sp³-hybridized carbons (Fsp3) is 0.348. The number of rotatable bonds is 5. The van der Waals surface area contributed by atoms with Crippen molar-refractivity contribution in [1.29, 1.82) is 0 Å². The molecule has 1 unspecified atom stereocenters. The molecule has 2 aromatic rings. The highest BCUT2D eigenvalue weighted by Crippen LogP contribution is 2.34. The largest absolute Gasteiger partial charge is 0.378 e. The minimum Gasteiger partial charge on any atom is -0.378 e. The molecule has 2 aliphatic heterocycles. The van der Waals surface area contributed by atoms with Gasteiger partial charge in [0.15, 0.2) is 5.17 Å². The molecule has 6 nitrogen and oxygen atoms in total. The average molecular weight is 490 g/mol. The van der Waals surface area contributed by atoms with Crippen LogP contribution in [0.1, 0.15) is 23.8 Å². The molecule has 2 amide bonds. The zero-order valence-corrected chi connectivity index (χ0v) is 20.3. The molecule has 0 bridgehead atoms. The Labute approximate surface area is 200 Å². The molecular formula is C23H24ClN3O3S2. The molecule has 32 heavy (non-hydrogen) atoms. The molecule has 1 aromatic carbocycles. The summed E-state index contributed by atoms with van der Waals surface area (Å²) in [4.78, 5) is 35.5. The normalized spacial score (nSPS) is 18.9. The van der Waals surface area contributed by atoms with Gasteiger partial charge in [-0.1, -0.05) is 42.4 Å². The maximum Gasteiger partial charge on any atom is 0.283 e. The predicted octanol–water partition coefficient (Wildman–Crippen LogP) is 4.82. The number of hydrogen-bond acceptors (Lipinski definition) is 6. The molecule has 168 valence electrons. The van der Waals surface area contributed by atoms with Gasteiger partial charge < -0.3 is 9.64 Å². The van der Waals surface area contributed by atoms with Crippen LogP contribution in [0.3, 0.4) is 0 Å². The Kier molecular flexibility index (Phi) is 7.35. The van der Waals surface area contributed by atoms with Gasteiger partial charge >= 0.3 is 0 Å². The van der Waals surface area contributed by atoms with Crippen LogP contribution < -0.4 is 4.90 Å². The van der Waals surface area contributed by atoms with Crippen molar-refractivity contribution >= 4 is 63.4 Å². The van der Waals surface area contributed by atoms with E-state index in [0.29, 0.717) is 54.3 Å². The van der Waals surface area contributed by atoms with E-state index in [-0.39, 0.29) is 17.1 Å². The second kappa shape index (κ2) is 10.2. The molecule has 2 aliphatic rings. The Morgan fingerprint density at radius 2 is 2.12 bits per heavy atom. The van der Waals surface area contributed by atoms with Crippen molar-refractivity contribution in [2.75, 3.05) is 31.2 Å². The number of halogens is 1. The molecule has 0 saturated carbocycles. The summed E-state index contributed by atoms with van der Waals surface area (Å²) in [6, 6.07) is 9.37. The van der Waals surface area contributed by atoms with Crippen LogP contribution in [0.5, 0.6) is 0 Å². The summed E-state index contributed by atoms with van der Waals surface area (Å²) in [6.45, 7) is 6.16. The molecule has 1 atom stereocenters. The number of ether oxygens (including phenoxy) is 1. The Morgan fingerprint density at radius 1 is 1.34 bits per heavy atom. The minimum atomic E-state index is -0.343. The summed E-state index contributed by atoms with van der Waals surface area (Å²) < 4.78 is 5.37. The monoisotopic (exact) mass is 489 g/mol. The molecule has 0 radical (unpaired) electrons. The van der Waals surface area contributed by atoms with Gasteiger partial charge in [-0.15, -0.1) is 11.3 Å². The Bertz CT molecular complexity index is 1060. The molecule has 0 aliphatic carbocycles. The fourth-order valence-electron chi connectivity index (χ4n) is 3.46. The Hall–Kier alpha value is -2.13. The van der Waals surface area contributed by atoms with Gasteiger partial charge in [-0.3, -0.25) is 14.5 Å². The third-order valence-corrected chi connectivity index (χ3v) is 7.81. The first kappa shape index (κ1) is 23.0. The standard InChI is InChI=1S/C23H24ClN3O3S2/c1-3-20(22(29)26-8-10-30-11-9-26)32-23-25-19(14-17-5-4-12-31-17)21(28)27(23)16-7-6-15(2)18(24)13-16/h4-7,12-14,20H,3,8-11H2,1-2H3. The maximum absolute atomic E-state index is 13.4. The van der Waals surface area contributed by atoms with Gasteiger partial charge in [0, 0.05) is 23.0 Å². The molecule has 4 rings (SSSR count). The number of nitrogens with zero attached hydrogens (tertiary/aromatic N) is 3. The van der Waals surface area contributed by atoms with E-state index in [1.807, 2.05) is 48.4 Å². The zero-order valence-electron chi connectivity index (χ0n) is 17.9. The maximum atomic E-state index is 13.4. The molecule has 0 spiro atoms. The number of anilines is 1. The van der Waals surface area contributed by atoms with Crippen molar-refractivity contribution in [3.63, 3.8) is 0 Å². The van der Waals surface area contributed by atoms with Crippen LogP contribution in [-0.4, -0.2) is 53.4 Å². The van der Waals surface area contributed by atoms with Crippen LogP contribution in [0.2, 0.25) is 5.02 Å². The van der Waals surface area contributed by atoms with Crippen LogP contribution in [-0.2, 0) is 14.3 Å². The quantitative estimate of drug-likeness (QED) is 0.565. The van der Waals surface area contributed by atoms with E-state index >= 15 is 0 Å². The van der Waals surface area contributed by atoms with E-state index in [0.717, 1.165) is 10.4 Å². The van der Waals surface area contributed by atoms with Gasteiger partial charge in [0.1, 0.15) is 5.70 Å². The lowest BCUT2D eigenvalue weighted by molar-refractivity contribution is -0.134. The molecule has 0 N–H and O–H groups in total. The lowest BCUT2D eigenvalue weighted by Gasteiger charge is -2.30. The molecular weight excluding hydrogens is 466 g/mol. The number of thiophene rings is 1. The number of morpholine rings is 1. The lowest BCUT2D eigenvalue weighted by Crippen LogP contribution is -2.45. The van der Waals surface area contributed by atoms with Gasteiger partial charge in [-0.25, -0.2) is 4.99 Å². The van der Waals surface area contributed by atoms with Crippen LogP contribution in [0.15, 0.2) is 46.4 Å². The van der Waals surface area contributed by atoms with E-state index in [1.165, 1.54) is 23.1 Å². The summed E-state index contributed by atoms with van der Waals surface area (Å²) >= 11 is 9.22. The van der Waals surface area contributed by atoms with Crippen molar-refractivity contribution < 1.29 is 14.3 Å². The summed E-state index contributed by atoms with van der Waals surface area (Å²) in [7, 11) is 0. The number of aryl methyl sites for hydroxylation is 1. The topological polar surface area (TPSA) is 62.2 Å². The van der Waals surface area contributed by atoms with Crippen molar-refractivity contribution in [1.82, 2.24) is 4.90 Å². The summed E-state index contributed by atoms with van der Waals surface area (Å²) in [5.41, 5.74) is 1.91. The van der Waals surface area contributed by atoms with Crippen molar-refractivity contribution in [3.8, 4) is 0 Å². The first-order valence-corrected chi connectivity index (χ1v) is 12.6. The van der Waals surface area contributed by atoms with Gasteiger partial charge in [0.25, 0.3) is 5.91 Å². The highest BCUT2D eigenvalue weighted by atomic mass is 35.5. The third-order valence-electron chi connectivity index (χ3n) is 5.28. The van der Waals surface area contributed by atoms with Crippen LogP contribution >= 0.6 is 34.7 Å². The summed E-state index contributed by atoms with van der Waals surface area (Å²) in [6.07, 6.45) is 2.41. The lowest BCUT2D eigenvalue weighted by atomic mass is 10.2. The van der Waals surface area contributed by atoms with E-state index in [1.54, 1.807) is 17.0 Å². The van der Waals surface area contributed by atoms with Gasteiger partial charge in [-0.2, -0.15) is 0 Å². The molecule has 1 saturated heterocycles. The minimum absolute atomic E-state index is 0.0496. The van der Waals surface area contributed by atoms with Crippen molar-refractivity contribution in [2.24, 2.45) is 4.99 Å². The van der Waals surface area contributed by atoms with Crippen molar-refractivity contribution in [3.05, 3.63) is 56.9 Å². The first-order valence-electron chi connectivity index (χ1n) is 10.5. The number of thioether (sulfide) groups is 1. The second-order valence-electron chi connectivity index (χ2n) is 7.47. The fourth-order valence-corrected chi connectivity index (χ4v) is 5.40. The number of hydrogen-bond donors (Lipinski definition) is 0. The van der Waals surface area contributed by atoms with Crippen LogP contribution in [0.25, 0.3) is 6.08 Å². The van der Waals surface area contributed by atoms with Gasteiger partial charge in [0.05, 0.1) is 24.2 Å². The molecule has 3 heterocycles. The van der Waals surface area contributed by atoms with Crippen LogP contribution in [0, 0.1) is 6.92 Å². The highest BCUT2D eigenvalue weighted by molar-refractivity contribution is 8.15. The number of benzene rings is 1. The number of amides is 2. The average Bonchev–Trinajstić information content (AvgIpc) is 3.42. The molecule has 1 aromatic heterocycles. The zero-order chi connectivity index (χ0) is 22.7. The predicted molar refractivity (Wildman–Crippen MR) is 132 cm³/mol. The highest BCUT2D eigenvalue weighted by Gasteiger charge is 2.36. The first-order chi connectivity index (χ1) is 15.5. The number of carbonyl (C=O) groups excluding carboxylic acids is 2. The number of aliphatic imine (C=N–C) groups is 1. The second-order valence-corrected chi connectivity index (χ2v) is 10.0. The summed E-state index contributed by atoms with van der Waals surface area (Å²) in [5, 5.41) is 2.68. The number of carbonyl (C=O) groups is 2. The smallest absolute Gasteiger partial charge is 0.283 e. The Balaban J connectivity index is 1.66. The van der Waals surface area contributed by atoms with Gasteiger partial charge in [-0.05, 0) is 48.6 Å². The van der Waals surface area contributed by atoms with E-state index in [2.05, 4.69) is 4.99 Å². The molecule has 1 fully saturated rings. The summed E-state index contributed by atoms with van der Waals surface area (Å²) in [5.74, 6) is -0.178. The van der Waals surface area contributed by atoms with E-state index in [4.69, 9.17) is 16.3 Å².